The molecule has 0 heterocycles. The summed E-state index contributed by atoms with van der Waals surface area (Å²) in [6.45, 7) is 4.84. The molecule has 86 valence electrons. The second kappa shape index (κ2) is 3.91. The van der Waals surface area contributed by atoms with E-state index in [2.05, 4.69) is 4.74 Å². The van der Waals surface area contributed by atoms with E-state index in [1.54, 1.807) is 6.08 Å². The minimum atomic E-state index is -4.26. The highest BCUT2D eigenvalue weighted by molar-refractivity contribution is 5.33. The lowest BCUT2D eigenvalue weighted by molar-refractivity contribution is -0.165. The van der Waals surface area contributed by atoms with Gasteiger partial charge in [-0.25, -0.2) is 0 Å². The number of hydrogen-bond acceptors (Lipinski definition) is 1. The monoisotopic (exact) mass is 220 g/mol. The van der Waals surface area contributed by atoms with Crippen LogP contribution in [0.5, 0.6) is 0 Å². The Labute approximate surface area is 87.6 Å². The minimum absolute atomic E-state index is 0.0384. The lowest BCUT2D eigenvalue weighted by Crippen LogP contribution is -2.16. The quantitative estimate of drug-likeness (QED) is 0.687. The van der Waals surface area contributed by atoms with Crippen LogP contribution in [0, 0.1) is 5.41 Å². The van der Waals surface area contributed by atoms with Crippen molar-refractivity contribution in [3.63, 3.8) is 0 Å². The van der Waals surface area contributed by atoms with Crippen LogP contribution in [-0.4, -0.2) is 12.8 Å². The van der Waals surface area contributed by atoms with Gasteiger partial charge in [0, 0.05) is 6.42 Å². The zero-order chi connectivity index (χ0) is 11.7. The van der Waals surface area contributed by atoms with Gasteiger partial charge in [0.2, 0.25) is 0 Å². The normalized spacial score (nSPS) is 17.5. The molecular weight excluding hydrogens is 205 g/mol. The molecule has 0 radical (unpaired) electrons. The van der Waals surface area contributed by atoms with E-state index in [1.807, 2.05) is 26.8 Å². The van der Waals surface area contributed by atoms with Crippen LogP contribution >= 0.6 is 0 Å². The molecule has 0 N–H and O–H groups in total. The zero-order valence-electron chi connectivity index (χ0n) is 9.11. The molecule has 15 heavy (non-hydrogen) atoms. The van der Waals surface area contributed by atoms with Crippen LogP contribution in [0.15, 0.2) is 23.5 Å². The predicted molar refractivity (Wildman–Crippen MR) is 52.2 cm³/mol. The van der Waals surface area contributed by atoms with E-state index in [0.717, 1.165) is 5.57 Å². The van der Waals surface area contributed by atoms with Crippen molar-refractivity contribution in [3.8, 4) is 0 Å². The van der Waals surface area contributed by atoms with Gasteiger partial charge < -0.3 is 4.74 Å². The van der Waals surface area contributed by atoms with Gasteiger partial charge in [0.1, 0.15) is 5.76 Å². The molecule has 0 saturated carbocycles. The molecular formula is C11H15F3O. The van der Waals surface area contributed by atoms with Crippen molar-refractivity contribution < 1.29 is 17.9 Å². The molecule has 0 atom stereocenters. The Morgan fingerprint density at radius 1 is 1.27 bits per heavy atom. The summed E-state index contributed by atoms with van der Waals surface area (Å²) in [4.78, 5) is 0. The molecule has 0 bridgehead atoms. The highest BCUT2D eigenvalue weighted by Gasteiger charge is 2.29. The Morgan fingerprint density at radius 2 is 1.87 bits per heavy atom. The van der Waals surface area contributed by atoms with Gasteiger partial charge in [-0.2, -0.15) is 13.2 Å². The van der Waals surface area contributed by atoms with Gasteiger partial charge in [0.15, 0.2) is 6.61 Å². The minimum Gasteiger partial charge on any atom is -0.488 e. The van der Waals surface area contributed by atoms with Crippen molar-refractivity contribution in [2.45, 2.75) is 33.4 Å². The van der Waals surface area contributed by atoms with E-state index in [9.17, 15) is 13.2 Å². The number of halogens is 3. The maximum Gasteiger partial charge on any atom is 0.422 e. The number of hydrogen-bond donors (Lipinski definition) is 0. The molecule has 0 aliphatic heterocycles. The molecule has 0 spiro atoms. The highest BCUT2D eigenvalue weighted by atomic mass is 19.4. The van der Waals surface area contributed by atoms with Crippen LogP contribution < -0.4 is 0 Å². The topological polar surface area (TPSA) is 9.23 Å². The third-order valence-corrected chi connectivity index (χ3v) is 2.13. The number of ether oxygens (including phenoxy) is 1. The molecule has 1 nitrogen and oxygen atoms in total. The molecule has 0 aromatic heterocycles. The molecule has 0 aromatic rings. The Kier molecular flexibility index (Phi) is 3.16. The molecule has 0 amide bonds. The van der Waals surface area contributed by atoms with Crippen molar-refractivity contribution in [2.75, 3.05) is 6.61 Å². The van der Waals surface area contributed by atoms with Gasteiger partial charge >= 0.3 is 6.18 Å². The van der Waals surface area contributed by atoms with Gasteiger partial charge in [-0.3, -0.25) is 0 Å². The van der Waals surface area contributed by atoms with Crippen LogP contribution in [0.3, 0.4) is 0 Å². The van der Waals surface area contributed by atoms with E-state index >= 15 is 0 Å². The first-order chi connectivity index (χ1) is 6.68. The molecule has 1 aliphatic carbocycles. The zero-order valence-corrected chi connectivity index (χ0v) is 9.11. The fourth-order valence-corrected chi connectivity index (χ4v) is 1.30. The summed E-state index contributed by atoms with van der Waals surface area (Å²) in [6.07, 6.45) is -0.189. The summed E-state index contributed by atoms with van der Waals surface area (Å²) in [5, 5.41) is 0. The third kappa shape index (κ3) is 3.98. The third-order valence-electron chi connectivity index (χ3n) is 2.13. The van der Waals surface area contributed by atoms with Crippen molar-refractivity contribution in [1.82, 2.24) is 0 Å². The number of alkyl halides is 3. The molecule has 0 unspecified atom stereocenters. The summed E-state index contributed by atoms with van der Waals surface area (Å²) >= 11 is 0. The Hall–Kier alpha value is -0.930. The fourth-order valence-electron chi connectivity index (χ4n) is 1.30. The summed E-state index contributed by atoms with van der Waals surface area (Å²) in [7, 11) is 0. The van der Waals surface area contributed by atoms with E-state index in [1.165, 1.54) is 0 Å². The first-order valence-electron chi connectivity index (χ1n) is 4.79. The lowest BCUT2D eigenvalue weighted by atomic mass is 9.87. The van der Waals surface area contributed by atoms with Crippen molar-refractivity contribution >= 4 is 0 Å². The lowest BCUT2D eigenvalue weighted by Gasteiger charge is -2.18. The van der Waals surface area contributed by atoms with E-state index in [0.29, 0.717) is 12.2 Å². The molecule has 1 rings (SSSR count). The van der Waals surface area contributed by atoms with Crippen LogP contribution in [0.25, 0.3) is 0 Å². The molecule has 4 heteroatoms. The summed E-state index contributed by atoms with van der Waals surface area (Å²) in [5.41, 5.74) is 0.989. The van der Waals surface area contributed by atoms with Crippen LogP contribution in [0.4, 0.5) is 13.2 Å². The largest absolute Gasteiger partial charge is 0.488 e. The average Bonchev–Trinajstić information content (AvgIpc) is 2.45. The Balaban J connectivity index is 2.51. The van der Waals surface area contributed by atoms with Crippen molar-refractivity contribution in [3.05, 3.63) is 23.5 Å². The predicted octanol–water partition coefficient (Wildman–Crippen LogP) is 3.83. The van der Waals surface area contributed by atoms with Crippen LogP contribution in [-0.2, 0) is 4.74 Å². The van der Waals surface area contributed by atoms with Gasteiger partial charge in [0.25, 0.3) is 0 Å². The van der Waals surface area contributed by atoms with Gasteiger partial charge in [0.05, 0.1) is 0 Å². The first kappa shape index (κ1) is 12.1. The summed E-state index contributed by atoms with van der Waals surface area (Å²) < 4.78 is 40.3. The Morgan fingerprint density at radius 3 is 2.27 bits per heavy atom. The SMILES string of the molecule is CC(C)(C)C1=CCC(OCC(F)(F)F)=C1. The van der Waals surface area contributed by atoms with E-state index in [4.69, 9.17) is 0 Å². The standard InChI is InChI=1S/C11H15F3O/c1-10(2,3)8-4-5-9(6-8)15-7-11(12,13)14/h4,6H,5,7H2,1-3H3. The molecule has 0 saturated heterocycles. The maximum atomic E-state index is 11.9. The second-order valence-corrected chi connectivity index (χ2v) is 4.63. The van der Waals surface area contributed by atoms with Crippen molar-refractivity contribution in [1.29, 1.82) is 0 Å². The van der Waals surface area contributed by atoms with E-state index in [-0.39, 0.29) is 5.41 Å². The smallest absolute Gasteiger partial charge is 0.422 e. The molecule has 0 aromatic carbocycles. The number of rotatable bonds is 2. The second-order valence-electron chi connectivity index (χ2n) is 4.63. The summed E-state index contributed by atoms with van der Waals surface area (Å²) in [6, 6.07) is 0. The van der Waals surface area contributed by atoms with E-state index < -0.39 is 12.8 Å². The number of allylic oxidation sites excluding steroid dienone is 3. The maximum absolute atomic E-state index is 11.9. The van der Waals surface area contributed by atoms with Crippen molar-refractivity contribution in [2.24, 2.45) is 5.41 Å². The molecule has 0 fully saturated rings. The molecule has 1 aliphatic rings. The van der Waals surface area contributed by atoms with Gasteiger partial charge in [-0.1, -0.05) is 26.8 Å². The first-order valence-corrected chi connectivity index (χ1v) is 4.79. The van der Waals surface area contributed by atoms with Crippen LogP contribution in [0.2, 0.25) is 0 Å². The van der Waals surface area contributed by atoms with Gasteiger partial charge in [-0.05, 0) is 17.1 Å². The highest BCUT2D eigenvalue weighted by Crippen LogP contribution is 2.33. The average molecular weight is 220 g/mol. The van der Waals surface area contributed by atoms with Crippen LogP contribution in [0.1, 0.15) is 27.2 Å². The fraction of sp³-hybridized carbons (Fsp3) is 0.636. The summed E-state index contributed by atoms with van der Waals surface area (Å²) in [5.74, 6) is 0.400. The van der Waals surface area contributed by atoms with Gasteiger partial charge in [-0.15, -0.1) is 0 Å². The Bertz CT molecular complexity index is 292.